The zero-order valence-corrected chi connectivity index (χ0v) is 11.1. The molecule has 0 unspecified atom stereocenters. The number of ether oxygens (including phenoxy) is 1. The van der Waals surface area contributed by atoms with Crippen LogP contribution in [0.2, 0.25) is 0 Å². The molecule has 0 saturated carbocycles. The maximum Gasteiger partial charge on any atom is 0.137 e. The Labute approximate surface area is 104 Å². The lowest BCUT2D eigenvalue weighted by Crippen LogP contribution is -2.15. The highest BCUT2D eigenvalue weighted by molar-refractivity contribution is 5.19. The zero-order chi connectivity index (χ0) is 12.5. The molecule has 1 rings (SSSR count). The van der Waals surface area contributed by atoms with Crippen molar-refractivity contribution in [1.29, 1.82) is 0 Å². The number of nitrogens with zero attached hydrogens (tertiary/aromatic N) is 2. The number of hydrogen-bond donors (Lipinski definition) is 1. The summed E-state index contributed by atoms with van der Waals surface area (Å²) in [6.07, 6.45) is 2.83. The predicted molar refractivity (Wildman–Crippen MR) is 70.3 cm³/mol. The summed E-state index contributed by atoms with van der Waals surface area (Å²) < 4.78 is 5.61. The molecule has 0 bridgehead atoms. The average Bonchev–Trinajstić information content (AvgIpc) is 2.33. The topological polar surface area (TPSA) is 37.4 Å². The van der Waals surface area contributed by atoms with Crippen LogP contribution in [0.5, 0.6) is 5.75 Å². The summed E-state index contributed by atoms with van der Waals surface area (Å²) in [5, 5.41) is 3.24. The van der Waals surface area contributed by atoms with Crippen molar-refractivity contribution in [2.45, 2.75) is 19.9 Å². The van der Waals surface area contributed by atoms with Crippen molar-refractivity contribution in [3.05, 3.63) is 24.0 Å². The molecule has 0 aromatic carbocycles. The minimum Gasteiger partial charge on any atom is -0.492 e. The SMILES string of the molecule is CCNCc1ccc(OCCCN(C)C)cn1. The molecule has 96 valence electrons. The minimum atomic E-state index is 0.742. The van der Waals surface area contributed by atoms with Gasteiger partial charge in [0.1, 0.15) is 5.75 Å². The molecule has 17 heavy (non-hydrogen) atoms. The third kappa shape index (κ3) is 6.24. The molecular formula is C13H23N3O. The highest BCUT2D eigenvalue weighted by atomic mass is 16.5. The third-order valence-electron chi connectivity index (χ3n) is 2.37. The van der Waals surface area contributed by atoms with Gasteiger partial charge in [0.15, 0.2) is 0 Å². The van der Waals surface area contributed by atoms with Crippen molar-refractivity contribution in [3.8, 4) is 5.75 Å². The first-order chi connectivity index (χ1) is 8.22. The van der Waals surface area contributed by atoms with Gasteiger partial charge in [0.2, 0.25) is 0 Å². The number of pyridine rings is 1. The van der Waals surface area contributed by atoms with E-state index >= 15 is 0 Å². The van der Waals surface area contributed by atoms with Gasteiger partial charge in [-0.15, -0.1) is 0 Å². The van der Waals surface area contributed by atoms with Crippen molar-refractivity contribution in [1.82, 2.24) is 15.2 Å². The van der Waals surface area contributed by atoms with E-state index in [1.165, 1.54) is 0 Å². The lowest BCUT2D eigenvalue weighted by atomic mass is 10.3. The molecule has 0 amide bonds. The normalized spacial score (nSPS) is 10.8. The predicted octanol–water partition coefficient (Wildman–Crippen LogP) is 1.52. The molecule has 1 heterocycles. The van der Waals surface area contributed by atoms with Gasteiger partial charge in [0.25, 0.3) is 0 Å². The quantitative estimate of drug-likeness (QED) is 0.696. The van der Waals surface area contributed by atoms with E-state index in [0.29, 0.717) is 0 Å². The summed E-state index contributed by atoms with van der Waals surface area (Å²) in [6, 6.07) is 3.99. The summed E-state index contributed by atoms with van der Waals surface area (Å²) >= 11 is 0. The lowest BCUT2D eigenvalue weighted by Gasteiger charge is -2.10. The first-order valence-electron chi connectivity index (χ1n) is 6.15. The Hall–Kier alpha value is -1.13. The fourth-order valence-corrected chi connectivity index (χ4v) is 1.42. The van der Waals surface area contributed by atoms with E-state index in [-0.39, 0.29) is 0 Å². The van der Waals surface area contributed by atoms with E-state index in [1.807, 2.05) is 12.1 Å². The zero-order valence-electron chi connectivity index (χ0n) is 11.1. The van der Waals surface area contributed by atoms with Gasteiger partial charge in [-0.3, -0.25) is 4.98 Å². The Morgan fingerprint density at radius 2 is 2.18 bits per heavy atom. The maximum atomic E-state index is 5.61. The molecule has 0 spiro atoms. The Balaban J connectivity index is 2.25. The fourth-order valence-electron chi connectivity index (χ4n) is 1.42. The fraction of sp³-hybridized carbons (Fsp3) is 0.615. The number of hydrogen-bond acceptors (Lipinski definition) is 4. The second-order valence-electron chi connectivity index (χ2n) is 4.27. The van der Waals surface area contributed by atoms with Crippen LogP contribution in [0.15, 0.2) is 18.3 Å². The Morgan fingerprint density at radius 3 is 2.76 bits per heavy atom. The molecular weight excluding hydrogens is 214 g/mol. The van der Waals surface area contributed by atoms with Crippen molar-refractivity contribution < 1.29 is 4.74 Å². The lowest BCUT2D eigenvalue weighted by molar-refractivity contribution is 0.280. The van der Waals surface area contributed by atoms with Crippen molar-refractivity contribution in [3.63, 3.8) is 0 Å². The number of aromatic nitrogens is 1. The van der Waals surface area contributed by atoms with Crippen LogP contribution in [0.25, 0.3) is 0 Å². The number of rotatable bonds is 8. The van der Waals surface area contributed by atoms with Crippen LogP contribution in [-0.2, 0) is 6.54 Å². The van der Waals surface area contributed by atoms with Gasteiger partial charge < -0.3 is 15.0 Å². The Bertz CT molecular complexity index is 298. The molecule has 4 heteroatoms. The van der Waals surface area contributed by atoms with Crippen LogP contribution in [-0.4, -0.2) is 43.7 Å². The smallest absolute Gasteiger partial charge is 0.137 e. The van der Waals surface area contributed by atoms with Crippen LogP contribution < -0.4 is 10.1 Å². The van der Waals surface area contributed by atoms with Gasteiger partial charge in [0, 0.05) is 13.1 Å². The Morgan fingerprint density at radius 1 is 1.35 bits per heavy atom. The van der Waals surface area contributed by atoms with Crippen LogP contribution in [0.4, 0.5) is 0 Å². The van der Waals surface area contributed by atoms with E-state index in [0.717, 1.165) is 44.1 Å². The highest BCUT2D eigenvalue weighted by Gasteiger charge is 1.97. The molecule has 0 aliphatic heterocycles. The summed E-state index contributed by atoms with van der Waals surface area (Å²) in [7, 11) is 4.13. The van der Waals surface area contributed by atoms with Gasteiger partial charge in [0.05, 0.1) is 18.5 Å². The van der Waals surface area contributed by atoms with Crippen molar-refractivity contribution >= 4 is 0 Å². The molecule has 0 atom stereocenters. The highest BCUT2D eigenvalue weighted by Crippen LogP contribution is 2.09. The van der Waals surface area contributed by atoms with Crippen LogP contribution in [0, 0.1) is 0 Å². The molecule has 1 N–H and O–H groups in total. The van der Waals surface area contributed by atoms with Gasteiger partial charge in [-0.2, -0.15) is 0 Å². The monoisotopic (exact) mass is 237 g/mol. The standard InChI is InChI=1S/C13H23N3O/c1-4-14-10-12-6-7-13(11-15-12)17-9-5-8-16(2)3/h6-7,11,14H,4-5,8-10H2,1-3H3. The van der Waals surface area contributed by atoms with Crippen molar-refractivity contribution in [2.24, 2.45) is 0 Å². The largest absolute Gasteiger partial charge is 0.492 e. The van der Waals surface area contributed by atoms with E-state index in [9.17, 15) is 0 Å². The number of nitrogens with one attached hydrogen (secondary N) is 1. The molecule has 0 saturated heterocycles. The molecule has 0 fully saturated rings. The maximum absolute atomic E-state index is 5.61. The van der Waals surface area contributed by atoms with E-state index in [4.69, 9.17) is 4.74 Å². The molecule has 1 aromatic heterocycles. The first-order valence-corrected chi connectivity index (χ1v) is 6.15. The van der Waals surface area contributed by atoms with Gasteiger partial charge in [-0.25, -0.2) is 0 Å². The second kappa shape index (κ2) is 8.03. The third-order valence-corrected chi connectivity index (χ3v) is 2.37. The van der Waals surface area contributed by atoms with Crippen LogP contribution >= 0.6 is 0 Å². The summed E-state index contributed by atoms with van der Waals surface area (Å²) in [5.74, 6) is 0.851. The van der Waals surface area contributed by atoms with Gasteiger partial charge in [-0.05, 0) is 39.2 Å². The van der Waals surface area contributed by atoms with Crippen molar-refractivity contribution in [2.75, 3.05) is 33.8 Å². The van der Waals surface area contributed by atoms with E-state index in [1.54, 1.807) is 6.20 Å². The summed E-state index contributed by atoms with van der Waals surface area (Å²) in [4.78, 5) is 6.49. The molecule has 1 aromatic rings. The second-order valence-corrected chi connectivity index (χ2v) is 4.27. The van der Waals surface area contributed by atoms with Gasteiger partial charge in [-0.1, -0.05) is 6.92 Å². The molecule has 4 nitrogen and oxygen atoms in total. The molecule has 0 radical (unpaired) electrons. The Kier molecular flexibility index (Phi) is 6.58. The van der Waals surface area contributed by atoms with E-state index < -0.39 is 0 Å². The van der Waals surface area contributed by atoms with Gasteiger partial charge >= 0.3 is 0 Å². The first kappa shape index (κ1) is 13.9. The summed E-state index contributed by atoms with van der Waals surface area (Å²) in [5.41, 5.74) is 1.05. The minimum absolute atomic E-state index is 0.742. The molecule has 0 aliphatic carbocycles. The van der Waals surface area contributed by atoms with Crippen LogP contribution in [0.3, 0.4) is 0 Å². The summed E-state index contributed by atoms with van der Waals surface area (Å²) in [6.45, 7) is 5.66. The van der Waals surface area contributed by atoms with Crippen LogP contribution in [0.1, 0.15) is 19.0 Å². The molecule has 0 aliphatic rings. The average molecular weight is 237 g/mol. The van der Waals surface area contributed by atoms with E-state index in [2.05, 4.69) is 36.2 Å².